The number of amides is 1. The number of piperazine rings is 1. The average Bonchev–Trinajstić information content (AvgIpc) is 2.27. The maximum absolute atomic E-state index is 12.0. The molecule has 1 heterocycles. The van der Waals surface area contributed by atoms with E-state index >= 15 is 0 Å². The molecule has 1 aliphatic heterocycles. The van der Waals surface area contributed by atoms with Crippen molar-refractivity contribution in [3.63, 3.8) is 0 Å². The number of hydrogen-bond acceptors (Lipinski definition) is 5. The van der Waals surface area contributed by atoms with Crippen molar-refractivity contribution in [2.45, 2.75) is 39.3 Å². The zero-order chi connectivity index (χ0) is 13.8. The van der Waals surface area contributed by atoms with Crippen molar-refractivity contribution in [2.24, 2.45) is 0 Å². The van der Waals surface area contributed by atoms with Gasteiger partial charge in [-0.25, -0.2) is 9.59 Å². The Balaban J connectivity index is 2.70. The standard InChI is InChI=1S/C12H22N2O4/c1-5-17-10(15)9-8-13-6-7-14(9)11(16)18-12(2,3)4/h9,13H,5-8H2,1-4H3/t9-/m0/s1. The van der Waals surface area contributed by atoms with Gasteiger partial charge >= 0.3 is 12.1 Å². The Bertz CT molecular complexity index is 312. The molecule has 1 aliphatic rings. The smallest absolute Gasteiger partial charge is 0.411 e. The monoisotopic (exact) mass is 258 g/mol. The lowest BCUT2D eigenvalue weighted by molar-refractivity contribution is -0.149. The van der Waals surface area contributed by atoms with Crippen LogP contribution in [0.1, 0.15) is 27.7 Å². The molecule has 1 amide bonds. The first-order chi connectivity index (χ1) is 8.35. The minimum absolute atomic E-state index is 0.303. The maximum Gasteiger partial charge on any atom is 0.411 e. The van der Waals surface area contributed by atoms with Crippen LogP contribution in [0.25, 0.3) is 0 Å². The molecule has 1 atom stereocenters. The number of nitrogens with one attached hydrogen (secondary N) is 1. The zero-order valence-electron chi connectivity index (χ0n) is 11.5. The van der Waals surface area contributed by atoms with Crippen LogP contribution in [0, 0.1) is 0 Å². The highest BCUT2D eigenvalue weighted by molar-refractivity contribution is 5.82. The summed E-state index contributed by atoms with van der Waals surface area (Å²) in [5.41, 5.74) is -0.568. The van der Waals surface area contributed by atoms with Crippen molar-refractivity contribution in [3.8, 4) is 0 Å². The quantitative estimate of drug-likeness (QED) is 0.741. The summed E-state index contributed by atoms with van der Waals surface area (Å²) in [6.07, 6.45) is -0.470. The van der Waals surface area contributed by atoms with Crippen LogP contribution in [0.15, 0.2) is 0 Å². The van der Waals surface area contributed by atoms with Crippen LogP contribution in [0.3, 0.4) is 0 Å². The highest BCUT2D eigenvalue weighted by Crippen LogP contribution is 2.14. The van der Waals surface area contributed by atoms with Gasteiger partial charge in [-0.15, -0.1) is 0 Å². The van der Waals surface area contributed by atoms with Gasteiger partial charge in [0.15, 0.2) is 0 Å². The first-order valence-corrected chi connectivity index (χ1v) is 6.22. The predicted molar refractivity (Wildman–Crippen MR) is 66.2 cm³/mol. The first-order valence-electron chi connectivity index (χ1n) is 6.22. The lowest BCUT2D eigenvalue weighted by Crippen LogP contribution is -2.58. The van der Waals surface area contributed by atoms with E-state index in [1.165, 1.54) is 4.90 Å². The fourth-order valence-electron chi connectivity index (χ4n) is 1.69. The Kier molecular flexibility index (Phi) is 4.95. The van der Waals surface area contributed by atoms with Gasteiger partial charge in [0, 0.05) is 19.6 Å². The van der Waals surface area contributed by atoms with Crippen LogP contribution in [0.5, 0.6) is 0 Å². The van der Waals surface area contributed by atoms with Gasteiger partial charge < -0.3 is 14.8 Å². The largest absolute Gasteiger partial charge is 0.464 e. The lowest BCUT2D eigenvalue weighted by Gasteiger charge is -2.35. The molecule has 0 spiro atoms. The molecular weight excluding hydrogens is 236 g/mol. The molecule has 6 nitrogen and oxygen atoms in total. The summed E-state index contributed by atoms with van der Waals surface area (Å²) in [5, 5.41) is 3.07. The third-order valence-electron chi connectivity index (χ3n) is 2.43. The Hall–Kier alpha value is -1.30. The third kappa shape index (κ3) is 4.18. The Morgan fingerprint density at radius 2 is 2.06 bits per heavy atom. The molecule has 0 aromatic rings. The predicted octanol–water partition coefficient (Wildman–Crippen LogP) is 0.758. The van der Waals surface area contributed by atoms with Gasteiger partial charge in [-0.1, -0.05) is 0 Å². The number of hydrogen-bond donors (Lipinski definition) is 1. The molecule has 104 valence electrons. The molecule has 0 unspecified atom stereocenters. The van der Waals surface area contributed by atoms with Crippen LogP contribution >= 0.6 is 0 Å². The van der Waals surface area contributed by atoms with Crippen LogP contribution < -0.4 is 5.32 Å². The summed E-state index contributed by atoms with van der Waals surface area (Å²) < 4.78 is 10.3. The third-order valence-corrected chi connectivity index (χ3v) is 2.43. The summed E-state index contributed by atoms with van der Waals surface area (Å²) in [7, 11) is 0. The van der Waals surface area contributed by atoms with E-state index in [0.29, 0.717) is 26.2 Å². The number of ether oxygens (including phenoxy) is 2. The van der Waals surface area contributed by atoms with Crippen LogP contribution in [0.4, 0.5) is 4.79 Å². The lowest BCUT2D eigenvalue weighted by atomic mass is 10.2. The fraction of sp³-hybridized carbons (Fsp3) is 0.833. The maximum atomic E-state index is 12.0. The van der Waals surface area contributed by atoms with Gasteiger partial charge in [0.1, 0.15) is 11.6 Å². The number of esters is 1. The second kappa shape index (κ2) is 6.04. The molecule has 1 fully saturated rings. The van der Waals surface area contributed by atoms with Crippen molar-refractivity contribution in [1.82, 2.24) is 10.2 Å². The zero-order valence-corrected chi connectivity index (χ0v) is 11.5. The molecule has 0 bridgehead atoms. The molecule has 0 aromatic carbocycles. The highest BCUT2D eigenvalue weighted by Gasteiger charge is 2.35. The molecule has 0 aliphatic carbocycles. The number of rotatable bonds is 2. The van der Waals surface area contributed by atoms with E-state index in [2.05, 4.69) is 5.32 Å². The topological polar surface area (TPSA) is 67.9 Å². The summed E-state index contributed by atoms with van der Waals surface area (Å²) >= 11 is 0. The van der Waals surface area contributed by atoms with Gasteiger partial charge in [-0.3, -0.25) is 4.90 Å². The molecule has 0 aromatic heterocycles. The van der Waals surface area contributed by atoms with E-state index < -0.39 is 23.7 Å². The highest BCUT2D eigenvalue weighted by atomic mass is 16.6. The average molecular weight is 258 g/mol. The van der Waals surface area contributed by atoms with Crippen LogP contribution in [-0.2, 0) is 14.3 Å². The Labute approximate surface area is 108 Å². The molecule has 0 saturated carbocycles. The normalized spacial score (nSPS) is 20.4. The van der Waals surface area contributed by atoms with Gasteiger partial charge in [-0.2, -0.15) is 0 Å². The van der Waals surface area contributed by atoms with Crippen LogP contribution in [0.2, 0.25) is 0 Å². The summed E-state index contributed by atoms with van der Waals surface area (Å²) in [5.74, 6) is -0.393. The summed E-state index contributed by atoms with van der Waals surface area (Å²) in [6.45, 7) is 8.93. The van der Waals surface area contributed by atoms with Gasteiger partial charge in [0.2, 0.25) is 0 Å². The molecule has 1 N–H and O–H groups in total. The van der Waals surface area contributed by atoms with E-state index in [0.717, 1.165) is 0 Å². The Morgan fingerprint density at radius 3 is 2.61 bits per heavy atom. The Morgan fingerprint density at radius 1 is 1.39 bits per heavy atom. The summed E-state index contributed by atoms with van der Waals surface area (Å²) in [6, 6.07) is -0.603. The van der Waals surface area contributed by atoms with E-state index in [1.54, 1.807) is 27.7 Å². The molecule has 0 radical (unpaired) electrons. The molecule has 6 heteroatoms. The first kappa shape index (κ1) is 14.8. The number of carbonyl (C=O) groups is 2. The van der Waals surface area contributed by atoms with Gasteiger partial charge in [-0.05, 0) is 27.7 Å². The van der Waals surface area contributed by atoms with Crippen molar-refractivity contribution >= 4 is 12.1 Å². The minimum atomic E-state index is -0.603. The van der Waals surface area contributed by atoms with Crippen molar-refractivity contribution < 1.29 is 19.1 Å². The van der Waals surface area contributed by atoms with E-state index in [9.17, 15) is 9.59 Å². The SMILES string of the molecule is CCOC(=O)[C@@H]1CNCCN1C(=O)OC(C)(C)C. The molecule has 18 heavy (non-hydrogen) atoms. The van der Waals surface area contributed by atoms with E-state index in [-0.39, 0.29) is 0 Å². The van der Waals surface area contributed by atoms with Gasteiger partial charge in [0.05, 0.1) is 6.61 Å². The number of carbonyl (C=O) groups excluding carboxylic acids is 2. The number of nitrogens with zero attached hydrogens (tertiary/aromatic N) is 1. The second-order valence-corrected chi connectivity index (χ2v) is 5.15. The van der Waals surface area contributed by atoms with Gasteiger partial charge in [0.25, 0.3) is 0 Å². The second-order valence-electron chi connectivity index (χ2n) is 5.15. The van der Waals surface area contributed by atoms with E-state index in [1.807, 2.05) is 0 Å². The van der Waals surface area contributed by atoms with Crippen molar-refractivity contribution in [1.29, 1.82) is 0 Å². The molecular formula is C12H22N2O4. The molecule has 1 rings (SSSR count). The van der Waals surface area contributed by atoms with E-state index in [4.69, 9.17) is 9.47 Å². The fourth-order valence-corrected chi connectivity index (χ4v) is 1.69. The molecule has 1 saturated heterocycles. The minimum Gasteiger partial charge on any atom is -0.464 e. The summed E-state index contributed by atoms with van der Waals surface area (Å²) in [4.78, 5) is 25.2. The van der Waals surface area contributed by atoms with Crippen molar-refractivity contribution in [3.05, 3.63) is 0 Å². The van der Waals surface area contributed by atoms with Crippen molar-refractivity contribution in [2.75, 3.05) is 26.2 Å². The van der Waals surface area contributed by atoms with Crippen LogP contribution in [-0.4, -0.2) is 54.8 Å².